The standard InChI is InChI=1S/C19H21F2N3O/c1-2-23-10-12-24(13-11-23)19(25)15-8-9-16(20)17(21)18(15)22-14-6-4-3-5-7-14/h3-9,22H,2,10-13H2,1H3. The third kappa shape index (κ3) is 3.79. The highest BCUT2D eigenvalue weighted by atomic mass is 19.2. The number of nitrogens with one attached hydrogen (secondary N) is 1. The molecule has 1 saturated heterocycles. The van der Waals surface area contributed by atoms with Gasteiger partial charge in [-0.2, -0.15) is 0 Å². The zero-order chi connectivity index (χ0) is 17.8. The summed E-state index contributed by atoms with van der Waals surface area (Å²) in [4.78, 5) is 16.8. The van der Waals surface area contributed by atoms with Crippen molar-refractivity contribution in [2.75, 3.05) is 38.0 Å². The molecule has 1 fully saturated rings. The van der Waals surface area contributed by atoms with Crippen LogP contribution in [0.5, 0.6) is 0 Å². The molecule has 0 aliphatic carbocycles. The van der Waals surface area contributed by atoms with Gasteiger partial charge in [-0.05, 0) is 30.8 Å². The number of nitrogens with zero attached hydrogens (tertiary/aromatic N) is 2. The molecule has 0 radical (unpaired) electrons. The van der Waals surface area contributed by atoms with Crippen molar-refractivity contribution in [3.8, 4) is 0 Å². The summed E-state index contributed by atoms with van der Waals surface area (Å²) in [5.41, 5.74) is 0.624. The van der Waals surface area contributed by atoms with E-state index in [0.29, 0.717) is 18.8 Å². The molecule has 6 heteroatoms. The fraction of sp³-hybridized carbons (Fsp3) is 0.316. The highest BCUT2D eigenvalue weighted by molar-refractivity contribution is 6.00. The lowest BCUT2D eigenvalue weighted by molar-refractivity contribution is 0.0644. The lowest BCUT2D eigenvalue weighted by Gasteiger charge is -2.34. The third-order valence-electron chi connectivity index (χ3n) is 4.48. The maximum Gasteiger partial charge on any atom is 0.256 e. The zero-order valence-electron chi connectivity index (χ0n) is 14.1. The highest BCUT2D eigenvalue weighted by Crippen LogP contribution is 2.27. The van der Waals surface area contributed by atoms with Crippen LogP contribution in [0.25, 0.3) is 0 Å². The Kier molecular flexibility index (Phi) is 5.28. The van der Waals surface area contributed by atoms with E-state index in [0.717, 1.165) is 25.7 Å². The smallest absolute Gasteiger partial charge is 0.256 e. The largest absolute Gasteiger partial charge is 0.352 e. The van der Waals surface area contributed by atoms with Gasteiger partial charge >= 0.3 is 0 Å². The first-order valence-corrected chi connectivity index (χ1v) is 8.42. The maximum absolute atomic E-state index is 14.4. The van der Waals surface area contributed by atoms with Crippen molar-refractivity contribution in [3.63, 3.8) is 0 Å². The van der Waals surface area contributed by atoms with Crippen molar-refractivity contribution in [1.29, 1.82) is 0 Å². The van der Waals surface area contributed by atoms with E-state index in [1.54, 1.807) is 29.2 Å². The van der Waals surface area contributed by atoms with Crippen LogP contribution in [0.15, 0.2) is 42.5 Å². The average Bonchev–Trinajstić information content (AvgIpc) is 2.66. The number of carbonyl (C=O) groups is 1. The van der Waals surface area contributed by atoms with Crippen LogP contribution in [-0.2, 0) is 0 Å². The Balaban J connectivity index is 1.88. The molecule has 2 aromatic rings. The van der Waals surface area contributed by atoms with Crippen molar-refractivity contribution in [2.24, 2.45) is 0 Å². The highest BCUT2D eigenvalue weighted by Gasteiger charge is 2.25. The number of anilines is 2. The first-order chi connectivity index (χ1) is 12.1. The Bertz CT molecular complexity index is 744. The van der Waals surface area contributed by atoms with Crippen molar-refractivity contribution in [2.45, 2.75) is 6.92 Å². The summed E-state index contributed by atoms with van der Waals surface area (Å²) in [5, 5.41) is 2.85. The van der Waals surface area contributed by atoms with Crippen LogP contribution in [0.4, 0.5) is 20.2 Å². The van der Waals surface area contributed by atoms with E-state index in [-0.39, 0.29) is 17.2 Å². The van der Waals surface area contributed by atoms with Gasteiger partial charge in [0.1, 0.15) is 0 Å². The van der Waals surface area contributed by atoms with Crippen LogP contribution in [0.2, 0.25) is 0 Å². The number of likely N-dealkylation sites (N-methyl/N-ethyl adjacent to an activating group) is 1. The van der Waals surface area contributed by atoms with Crippen molar-refractivity contribution >= 4 is 17.3 Å². The van der Waals surface area contributed by atoms with Gasteiger partial charge in [-0.1, -0.05) is 25.1 Å². The minimum atomic E-state index is -1.04. The molecule has 1 N–H and O–H groups in total. The van der Waals surface area contributed by atoms with E-state index >= 15 is 0 Å². The Labute approximate surface area is 146 Å². The minimum absolute atomic E-state index is 0.117. The molecule has 3 rings (SSSR count). The summed E-state index contributed by atoms with van der Waals surface area (Å²) in [6.45, 7) is 5.75. The summed E-state index contributed by atoms with van der Waals surface area (Å²) < 4.78 is 28.1. The van der Waals surface area contributed by atoms with E-state index in [1.165, 1.54) is 6.07 Å². The van der Waals surface area contributed by atoms with Gasteiger partial charge in [0.2, 0.25) is 0 Å². The minimum Gasteiger partial charge on any atom is -0.352 e. The van der Waals surface area contributed by atoms with E-state index < -0.39 is 11.6 Å². The van der Waals surface area contributed by atoms with Gasteiger partial charge in [0.25, 0.3) is 5.91 Å². The van der Waals surface area contributed by atoms with E-state index in [9.17, 15) is 13.6 Å². The number of hydrogen-bond acceptors (Lipinski definition) is 3. The van der Waals surface area contributed by atoms with E-state index in [1.807, 2.05) is 6.07 Å². The molecule has 1 heterocycles. The fourth-order valence-corrected chi connectivity index (χ4v) is 2.95. The number of amides is 1. The van der Waals surface area contributed by atoms with Crippen LogP contribution < -0.4 is 5.32 Å². The Morgan fingerprint density at radius 1 is 1.04 bits per heavy atom. The Hall–Kier alpha value is -2.47. The monoisotopic (exact) mass is 345 g/mol. The van der Waals surface area contributed by atoms with Gasteiger partial charge in [-0.3, -0.25) is 4.79 Å². The molecule has 1 aliphatic heterocycles. The van der Waals surface area contributed by atoms with E-state index in [4.69, 9.17) is 0 Å². The number of rotatable bonds is 4. The summed E-state index contributed by atoms with van der Waals surface area (Å²) in [6, 6.07) is 11.2. The Morgan fingerprint density at radius 2 is 1.72 bits per heavy atom. The number of halogens is 2. The van der Waals surface area contributed by atoms with Crippen LogP contribution in [0, 0.1) is 11.6 Å². The Morgan fingerprint density at radius 3 is 2.36 bits per heavy atom. The molecule has 25 heavy (non-hydrogen) atoms. The average molecular weight is 345 g/mol. The molecule has 0 spiro atoms. The fourth-order valence-electron chi connectivity index (χ4n) is 2.95. The molecular weight excluding hydrogens is 324 g/mol. The molecule has 2 aromatic carbocycles. The summed E-state index contributed by atoms with van der Waals surface area (Å²) in [5.74, 6) is -2.30. The maximum atomic E-state index is 14.4. The molecule has 0 atom stereocenters. The topological polar surface area (TPSA) is 35.6 Å². The first-order valence-electron chi connectivity index (χ1n) is 8.42. The van der Waals surface area contributed by atoms with Gasteiger partial charge in [0.05, 0.1) is 11.3 Å². The number of para-hydroxylation sites is 1. The van der Waals surface area contributed by atoms with Gasteiger partial charge in [-0.25, -0.2) is 8.78 Å². The van der Waals surface area contributed by atoms with Crippen molar-refractivity contribution in [1.82, 2.24) is 9.80 Å². The molecule has 1 aliphatic rings. The van der Waals surface area contributed by atoms with Crippen LogP contribution in [0.1, 0.15) is 17.3 Å². The normalized spacial score (nSPS) is 15.2. The second-order valence-corrected chi connectivity index (χ2v) is 6.00. The van der Waals surface area contributed by atoms with Crippen molar-refractivity contribution in [3.05, 3.63) is 59.7 Å². The van der Waals surface area contributed by atoms with Gasteiger partial charge < -0.3 is 15.1 Å². The van der Waals surface area contributed by atoms with Crippen LogP contribution >= 0.6 is 0 Å². The number of hydrogen-bond donors (Lipinski definition) is 1. The number of piperazine rings is 1. The molecule has 132 valence electrons. The predicted octanol–water partition coefficient (Wildman–Crippen LogP) is 3.49. The van der Waals surface area contributed by atoms with Crippen LogP contribution in [0.3, 0.4) is 0 Å². The molecule has 0 aromatic heterocycles. The van der Waals surface area contributed by atoms with E-state index in [2.05, 4.69) is 17.1 Å². The summed E-state index contributed by atoms with van der Waals surface area (Å²) >= 11 is 0. The quantitative estimate of drug-likeness (QED) is 0.921. The summed E-state index contributed by atoms with van der Waals surface area (Å²) in [6.07, 6.45) is 0. The first kappa shape index (κ1) is 17.4. The lowest BCUT2D eigenvalue weighted by atomic mass is 10.1. The van der Waals surface area contributed by atoms with Gasteiger partial charge in [0, 0.05) is 31.9 Å². The SMILES string of the molecule is CCN1CCN(C(=O)c2ccc(F)c(F)c2Nc2ccccc2)CC1. The second kappa shape index (κ2) is 7.61. The molecule has 0 unspecified atom stereocenters. The molecule has 4 nitrogen and oxygen atoms in total. The van der Waals surface area contributed by atoms with Crippen molar-refractivity contribution < 1.29 is 13.6 Å². The second-order valence-electron chi connectivity index (χ2n) is 6.00. The van der Waals surface area contributed by atoms with Gasteiger partial charge in [-0.15, -0.1) is 0 Å². The zero-order valence-corrected chi connectivity index (χ0v) is 14.1. The molecular formula is C19H21F2N3O. The third-order valence-corrected chi connectivity index (χ3v) is 4.48. The number of benzene rings is 2. The molecule has 1 amide bonds. The predicted molar refractivity (Wildman–Crippen MR) is 94.1 cm³/mol. The van der Waals surface area contributed by atoms with Gasteiger partial charge in [0.15, 0.2) is 11.6 Å². The number of carbonyl (C=O) groups excluding carboxylic acids is 1. The van der Waals surface area contributed by atoms with Crippen LogP contribution in [-0.4, -0.2) is 48.4 Å². The summed E-state index contributed by atoms with van der Waals surface area (Å²) in [7, 11) is 0. The lowest BCUT2D eigenvalue weighted by Crippen LogP contribution is -2.48. The molecule has 0 saturated carbocycles. The molecule has 0 bridgehead atoms.